The molecule has 0 aromatic heterocycles. The van der Waals surface area contributed by atoms with Crippen LogP contribution < -0.4 is 11.3 Å². The molecular weight excluding hydrogens is 221 g/mol. The fourth-order valence-electron chi connectivity index (χ4n) is 1.15. The number of halogens is 2. The summed E-state index contributed by atoms with van der Waals surface area (Å²) in [6.07, 6.45) is 0. The fraction of sp³-hybridized carbons (Fsp3) is 0.333. The lowest BCUT2D eigenvalue weighted by Crippen LogP contribution is -2.35. The van der Waals surface area contributed by atoms with Crippen LogP contribution in [0.5, 0.6) is 0 Å². The molecule has 0 saturated carbocycles. The van der Waals surface area contributed by atoms with Gasteiger partial charge in [0.15, 0.2) is 0 Å². The lowest BCUT2D eigenvalue weighted by Gasteiger charge is -2.16. The number of hydrogen-bond donors (Lipinski definition) is 2. The van der Waals surface area contributed by atoms with Crippen molar-refractivity contribution in [3.63, 3.8) is 0 Å². The van der Waals surface area contributed by atoms with Crippen molar-refractivity contribution >= 4 is 23.2 Å². The second-order valence-corrected chi connectivity index (χ2v) is 3.96. The Morgan fingerprint density at radius 2 is 2.14 bits per heavy atom. The van der Waals surface area contributed by atoms with Gasteiger partial charge in [0.25, 0.3) is 0 Å². The normalized spacial score (nSPS) is 10.9. The number of hydrogen-bond acceptors (Lipinski definition) is 3. The van der Waals surface area contributed by atoms with Crippen LogP contribution in [0.1, 0.15) is 5.56 Å². The van der Waals surface area contributed by atoms with E-state index in [2.05, 4.69) is 5.43 Å². The van der Waals surface area contributed by atoms with Crippen molar-refractivity contribution < 1.29 is 0 Å². The Balaban J connectivity index is 2.67. The molecule has 0 amide bonds. The molecule has 0 aliphatic rings. The van der Waals surface area contributed by atoms with Crippen molar-refractivity contribution in [2.75, 3.05) is 13.7 Å². The van der Waals surface area contributed by atoms with Gasteiger partial charge >= 0.3 is 0 Å². The summed E-state index contributed by atoms with van der Waals surface area (Å²) in [6, 6.07) is 5.48. The molecule has 1 rings (SSSR count). The monoisotopic (exact) mass is 233 g/mol. The van der Waals surface area contributed by atoms with E-state index >= 15 is 0 Å². The molecular formula is C9H13Cl2N3. The quantitative estimate of drug-likeness (QED) is 0.474. The molecule has 0 heterocycles. The molecule has 0 fully saturated rings. The van der Waals surface area contributed by atoms with Gasteiger partial charge in [0.05, 0.1) is 6.67 Å². The Bertz CT molecular complexity index is 304. The van der Waals surface area contributed by atoms with Gasteiger partial charge in [0.2, 0.25) is 0 Å². The molecule has 0 radical (unpaired) electrons. The Kier molecular flexibility index (Phi) is 4.65. The number of hydrazine groups is 1. The second kappa shape index (κ2) is 5.53. The minimum atomic E-state index is 0.610. The zero-order valence-corrected chi connectivity index (χ0v) is 9.44. The standard InChI is InChI=1S/C9H13Cl2N3/c1-14(6-13-12)5-7-2-3-8(10)4-9(7)11/h2-4,13H,5-6,12H2,1H3. The smallest absolute Gasteiger partial charge is 0.0612 e. The Labute approximate surface area is 93.8 Å². The summed E-state index contributed by atoms with van der Waals surface area (Å²) < 4.78 is 0. The Hall–Kier alpha value is -0.320. The summed E-state index contributed by atoms with van der Waals surface area (Å²) in [5, 5.41) is 1.33. The van der Waals surface area contributed by atoms with Crippen LogP contribution in [0.2, 0.25) is 10.0 Å². The summed E-state index contributed by atoms with van der Waals surface area (Å²) in [5.41, 5.74) is 3.61. The molecule has 0 spiro atoms. The maximum Gasteiger partial charge on any atom is 0.0612 e. The van der Waals surface area contributed by atoms with Crippen LogP contribution in [0, 0.1) is 0 Å². The van der Waals surface area contributed by atoms with Crippen molar-refractivity contribution in [3.05, 3.63) is 33.8 Å². The number of nitrogens with two attached hydrogens (primary N) is 1. The molecule has 14 heavy (non-hydrogen) atoms. The van der Waals surface area contributed by atoms with Gasteiger partial charge in [-0.2, -0.15) is 0 Å². The third kappa shape index (κ3) is 3.44. The Morgan fingerprint density at radius 3 is 2.71 bits per heavy atom. The van der Waals surface area contributed by atoms with E-state index in [1.54, 1.807) is 6.07 Å². The first-order valence-electron chi connectivity index (χ1n) is 4.19. The van der Waals surface area contributed by atoms with Crippen molar-refractivity contribution in [1.29, 1.82) is 0 Å². The van der Waals surface area contributed by atoms with Crippen LogP contribution in [-0.4, -0.2) is 18.6 Å². The molecule has 78 valence electrons. The lowest BCUT2D eigenvalue weighted by molar-refractivity contribution is 0.301. The van der Waals surface area contributed by atoms with E-state index < -0.39 is 0 Å². The molecule has 0 bridgehead atoms. The van der Waals surface area contributed by atoms with Crippen LogP contribution in [0.25, 0.3) is 0 Å². The predicted molar refractivity (Wildman–Crippen MR) is 60.1 cm³/mol. The highest BCUT2D eigenvalue weighted by molar-refractivity contribution is 6.35. The molecule has 1 aromatic rings. The minimum Gasteiger partial charge on any atom is -0.288 e. The van der Waals surface area contributed by atoms with Crippen molar-refractivity contribution in [2.45, 2.75) is 6.54 Å². The highest BCUT2D eigenvalue weighted by Crippen LogP contribution is 2.21. The van der Waals surface area contributed by atoms with Crippen LogP contribution in [0.15, 0.2) is 18.2 Å². The zero-order chi connectivity index (χ0) is 10.6. The summed E-state index contributed by atoms with van der Waals surface area (Å²) in [5.74, 6) is 5.20. The van der Waals surface area contributed by atoms with Gasteiger partial charge < -0.3 is 0 Å². The van der Waals surface area contributed by atoms with E-state index in [9.17, 15) is 0 Å². The van der Waals surface area contributed by atoms with Gasteiger partial charge in [-0.3, -0.25) is 10.7 Å². The van der Waals surface area contributed by atoms with Crippen molar-refractivity contribution in [3.8, 4) is 0 Å². The fourth-order valence-corrected chi connectivity index (χ4v) is 1.62. The van der Waals surface area contributed by atoms with Crippen molar-refractivity contribution in [2.24, 2.45) is 5.84 Å². The molecule has 0 aliphatic heterocycles. The molecule has 5 heteroatoms. The number of rotatable bonds is 4. The van der Waals surface area contributed by atoms with E-state index in [-0.39, 0.29) is 0 Å². The van der Waals surface area contributed by atoms with Gasteiger partial charge in [0, 0.05) is 16.6 Å². The lowest BCUT2D eigenvalue weighted by atomic mass is 10.2. The van der Waals surface area contributed by atoms with Gasteiger partial charge in [-0.05, 0) is 24.7 Å². The first-order valence-corrected chi connectivity index (χ1v) is 4.95. The predicted octanol–water partition coefficient (Wildman–Crippen LogP) is 1.85. The van der Waals surface area contributed by atoms with Crippen LogP contribution >= 0.6 is 23.2 Å². The summed E-state index contributed by atoms with van der Waals surface area (Å²) in [6.45, 7) is 1.35. The highest BCUT2D eigenvalue weighted by atomic mass is 35.5. The van der Waals surface area contributed by atoms with E-state index in [0.29, 0.717) is 16.7 Å². The maximum absolute atomic E-state index is 6.01. The highest BCUT2D eigenvalue weighted by Gasteiger charge is 2.03. The van der Waals surface area contributed by atoms with Gasteiger partial charge in [-0.1, -0.05) is 29.3 Å². The molecule has 3 N–H and O–H groups in total. The average Bonchev–Trinajstić information content (AvgIpc) is 2.10. The summed E-state index contributed by atoms with van der Waals surface area (Å²) in [4.78, 5) is 2.01. The SMILES string of the molecule is CN(CNN)Cc1ccc(Cl)cc1Cl. The molecule has 0 saturated heterocycles. The van der Waals surface area contributed by atoms with E-state index in [1.165, 1.54) is 0 Å². The largest absolute Gasteiger partial charge is 0.288 e. The van der Waals surface area contributed by atoms with Gasteiger partial charge in [-0.15, -0.1) is 0 Å². The first-order chi connectivity index (χ1) is 6.63. The minimum absolute atomic E-state index is 0.610. The van der Waals surface area contributed by atoms with E-state index in [1.807, 2.05) is 24.1 Å². The average molecular weight is 234 g/mol. The zero-order valence-electron chi connectivity index (χ0n) is 7.93. The van der Waals surface area contributed by atoms with Crippen LogP contribution in [0.4, 0.5) is 0 Å². The molecule has 1 aromatic carbocycles. The molecule has 0 aliphatic carbocycles. The summed E-state index contributed by atoms with van der Waals surface area (Å²) >= 11 is 11.8. The third-order valence-corrected chi connectivity index (χ3v) is 2.40. The van der Waals surface area contributed by atoms with E-state index in [4.69, 9.17) is 29.0 Å². The topological polar surface area (TPSA) is 41.3 Å². The van der Waals surface area contributed by atoms with Crippen molar-refractivity contribution in [1.82, 2.24) is 10.3 Å². The van der Waals surface area contributed by atoms with E-state index in [0.717, 1.165) is 12.1 Å². The van der Waals surface area contributed by atoms with Gasteiger partial charge in [-0.25, -0.2) is 5.43 Å². The van der Waals surface area contributed by atoms with Crippen LogP contribution in [0.3, 0.4) is 0 Å². The first kappa shape index (κ1) is 11.8. The molecule has 0 atom stereocenters. The molecule has 3 nitrogen and oxygen atoms in total. The molecule has 0 unspecified atom stereocenters. The summed E-state index contributed by atoms with van der Waals surface area (Å²) in [7, 11) is 1.95. The maximum atomic E-state index is 6.01. The van der Waals surface area contributed by atoms with Crippen LogP contribution in [-0.2, 0) is 6.54 Å². The van der Waals surface area contributed by atoms with Gasteiger partial charge in [0.1, 0.15) is 0 Å². The number of benzene rings is 1. The Morgan fingerprint density at radius 1 is 1.43 bits per heavy atom. The third-order valence-electron chi connectivity index (χ3n) is 1.82. The number of nitrogens with one attached hydrogen (secondary N) is 1. The second-order valence-electron chi connectivity index (χ2n) is 3.11. The number of nitrogens with zero attached hydrogens (tertiary/aromatic N) is 1.